The van der Waals surface area contributed by atoms with Crippen LogP contribution >= 0.6 is 15.9 Å². The molecule has 0 aliphatic heterocycles. The number of ketones is 1. The second-order valence-corrected chi connectivity index (χ2v) is 6.55. The zero-order valence-corrected chi connectivity index (χ0v) is 12.7. The van der Waals surface area contributed by atoms with E-state index in [1.165, 1.54) is 12.1 Å². The highest BCUT2D eigenvalue weighted by Crippen LogP contribution is 2.32. The molecule has 2 N–H and O–H groups in total. The van der Waals surface area contributed by atoms with Gasteiger partial charge >= 0.3 is 0 Å². The van der Waals surface area contributed by atoms with Crippen molar-refractivity contribution in [2.24, 2.45) is 11.7 Å². The molecule has 0 bridgehead atoms. The van der Waals surface area contributed by atoms with E-state index >= 15 is 0 Å². The molecule has 104 valence electrons. The van der Waals surface area contributed by atoms with Crippen LogP contribution in [0.15, 0.2) is 22.7 Å². The van der Waals surface area contributed by atoms with Gasteiger partial charge in [-0.1, -0.05) is 35.7 Å². The first-order valence-electron chi connectivity index (χ1n) is 6.67. The summed E-state index contributed by atoms with van der Waals surface area (Å²) in [6, 6.07) is 4.40. The molecule has 0 saturated heterocycles. The van der Waals surface area contributed by atoms with Crippen molar-refractivity contribution in [1.82, 2.24) is 0 Å². The Morgan fingerprint density at radius 2 is 2.32 bits per heavy atom. The number of carbonyl (C=O) groups is 1. The van der Waals surface area contributed by atoms with E-state index in [1.807, 2.05) is 0 Å². The van der Waals surface area contributed by atoms with Gasteiger partial charge < -0.3 is 5.73 Å². The van der Waals surface area contributed by atoms with Gasteiger partial charge in [0.25, 0.3) is 0 Å². The number of hydrogen-bond donors (Lipinski definition) is 1. The first-order chi connectivity index (χ1) is 8.90. The molecule has 2 nitrogen and oxygen atoms in total. The molecule has 0 radical (unpaired) electrons. The summed E-state index contributed by atoms with van der Waals surface area (Å²) in [6.07, 6.45) is 3.80. The van der Waals surface area contributed by atoms with Crippen molar-refractivity contribution >= 4 is 21.7 Å². The van der Waals surface area contributed by atoms with E-state index in [9.17, 15) is 9.18 Å². The van der Waals surface area contributed by atoms with E-state index in [1.54, 1.807) is 6.07 Å². The maximum absolute atomic E-state index is 13.2. The number of hydrogen-bond acceptors (Lipinski definition) is 2. The zero-order chi connectivity index (χ0) is 14.0. The summed E-state index contributed by atoms with van der Waals surface area (Å²) in [5.74, 6) is 0.179. The average Bonchev–Trinajstić information content (AvgIpc) is 2.33. The molecule has 1 fully saturated rings. The van der Waals surface area contributed by atoms with E-state index in [-0.39, 0.29) is 18.0 Å². The van der Waals surface area contributed by atoms with Gasteiger partial charge in [0, 0.05) is 10.9 Å². The van der Waals surface area contributed by atoms with E-state index < -0.39 is 5.54 Å². The second-order valence-electron chi connectivity index (χ2n) is 5.69. The van der Waals surface area contributed by atoms with Crippen molar-refractivity contribution < 1.29 is 9.18 Å². The van der Waals surface area contributed by atoms with Crippen LogP contribution in [0.5, 0.6) is 0 Å². The predicted molar refractivity (Wildman–Crippen MR) is 77.4 cm³/mol. The number of carbonyl (C=O) groups excluding carboxylic acids is 1. The van der Waals surface area contributed by atoms with Crippen LogP contribution < -0.4 is 5.73 Å². The zero-order valence-electron chi connectivity index (χ0n) is 11.1. The van der Waals surface area contributed by atoms with Gasteiger partial charge in [-0.2, -0.15) is 0 Å². The van der Waals surface area contributed by atoms with Crippen molar-refractivity contribution in [3.63, 3.8) is 0 Å². The third-order valence-corrected chi connectivity index (χ3v) is 4.72. The molecule has 2 unspecified atom stereocenters. The summed E-state index contributed by atoms with van der Waals surface area (Å²) < 4.78 is 14.0. The Balaban J connectivity index is 2.14. The van der Waals surface area contributed by atoms with Crippen LogP contribution in [-0.2, 0) is 11.2 Å². The Hall–Kier alpha value is -0.740. The summed E-state index contributed by atoms with van der Waals surface area (Å²) in [6.45, 7) is 2.13. The molecule has 1 saturated carbocycles. The highest BCUT2D eigenvalue weighted by atomic mass is 79.9. The molecule has 4 heteroatoms. The molecule has 1 aliphatic carbocycles. The first-order valence-corrected chi connectivity index (χ1v) is 7.46. The van der Waals surface area contributed by atoms with Crippen LogP contribution in [0.1, 0.15) is 38.2 Å². The van der Waals surface area contributed by atoms with Gasteiger partial charge in [0.05, 0.1) is 5.54 Å². The third kappa shape index (κ3) is 3.42. The minimum Gasteiger partial charge on any atom is -0.319 e. The molecule has 0 aromatic heterocycles. The van der Waals surface area contributed by atoms with Gasteiger partial charge in [-0.25, -0.2) is 4.39 Å². The second kappa shape index (κ2) is 5.71. The molecule has 0 spiro atoms. The number of Topliss-reactive ketones (excluding diaryl/α,β-unsaturated/α-hetero) is 1. The summed E-state index contributed by atoms with van der Waals surface area (Å²) in [4.78, 5) is 12.4. The quantitative estimate of drug-likeness (QED) is 0.921. The van der Waals surface area contributed by atoms with Gasteiger partial charge in [-0.15, -0.1) is 0 Å². The minimum atomic E-state index is -0.733. The fraction of sp³-hybridized carbons (Fsp3) is 0.533. The summed E-state index contributed by atoms with van der Waals surface area (Å²) in [5, 5.41) is 0. The average molecular weight is 328 g/mol. The molecule has 1 aromatic carbocycles. The highest BCUT2D eigenvalue weighted by Gasteiger charge is 2.37. The topological polar surface area (TPSA) is 43.1 Å². The van der Waals surface area contributed by atoms with Crippen LogP contribution in [0.3, 0.4) is 0 Å². The fourth-order valence-corrected chi connectivity index (χ4v) is 3.26. The molecule has 0 heterocycles. The lowest BCUT2D eigenvalue weighted by Gasteiger charge is -2.35. The Kier molecular flexibility index (Phi) is 4.41. The number of halogens is 2. The van der Waals surface area contributed by atoms with Crippen molar-refractivity contribution in [1.29, 1.82) is 0 Å². The molecular formula is C15H19BrFNO. The smallest absolute Gasteiger partial charge is 0.157 e. The number of nitrogens with two attached hydrogens (primary N) is 1. The summed E-state index contributed by atoms with van der Waals surface area (Å²) in [5.41, 5.74) is 6.21. The largest absolute Gasteiger partial charge is 0.319 e. The Morgan fingerprint density at radius 3 is 3.00 bits per heavy atom. The van der Waals surface area contributed by atoms with Crippen LogP contribution in [0, 0.1) is 11.7 Å². The van der Waals surface area contributed by atoms with Crippen molar-refractivity contribution in [3.05, 3.63) is 34.1 Å². The molecule has 19 heavy (non-hydrogen) atoms. The minimum absolute atomic E-state index is 0.0188. The highest BCUT2D eigenvalue weighted by molar-refractivity contribution is 9.10. The van der Waals surface area contributed by atoms with Gasteiger partial charge in [0.2, 0.25) is 0 Å². The molecule has 2 atom stereocenters. The summed E-state index contributed by atoms with van der Waals surface area (Å²) >= 11 is 3.35. The van der Waals surface area contributed by atoms with E-state index in [0.29, 0.717) is 11.5 Å². The molecular weight excluding hydrogens is 309 g/mol. The van der Waals surface area contributed by atoms with Crippen molar-refractivity contribution in [3.8, 4) is 0 Å². The monoisotopic (exact) mass is 327 g/mol. The standard InChI is InChI=1S/C15H19BrFNO/c1-10-3-2-6-15(18,9-10)14(19)8-11-7-12(17)4-5-13(11)16/h4-5,7,10H,2-3,6,8-9,18H2,1H3. The van der Waals surface area contributed by atoms with Crippen LogP contribution in [0.4, 0.5) is 4.39 Å². The van der Waals surface area contributed by atoms with Crippen molar-refractivity contribution in [2.45, 2.75) is 44.6 Å². The molecule has 2 rings (SSSR count). The van der Waals surface area contributed by atoms with Crippen LogP contribution in [-0.4, -0.2) is 11.3 Å². The fourth-order valence-electron chi connectivity index (χ4n) is 2.87. The predicted octanol–water partition coefficient (Wildman–Crippen LogP) is 3.61. The first kappa shape index (κ1) is 14.7. The Morgan fingerprint density at radius 1 is 1.58 bits per heavy atom. The van der Waals surface area contributed by atoms with Crippen LogP contribution in [0.25, 0.3) is 0 Å². The maximum atomic E-state index is 13.2. The lowest BCUT2D eigenvalue weighted by Crippen LogP contribution is -2.51. The lowest BCUT2D eigenvalue weighted by atomic mass is 9.73. The van der Waals surface area contributed by atoms with Gasteiger partial charge in [-0.3, -0.25) is 4.79 Å². The van der Waals surface area contributed by atoms with Gasteiger partial charge in [0.1, 0.15) is 5.82 Å². The summed E-state index contributed by atoms with van der Waals surface area (Å²) in [7, 11) is 0. The Labute approximate surface area is 121 Å². The SMILES string of the molecule is CC1CCCC(N)(C(=O)Cc2cc(F)ccc2Br)C1. The maximum Gasteiger partial charge on any atom is 0.157 e. The number of rotatable bonds is 3. The lowest BCUT2D eigenvalue weighted by molar-refractivity contribution is -0.125. The van der Waals surface area contributed by atoms with E-state index in [4.69, 9.17) is 5.73 Å². The third-order valence-electron chi connectivity index (χ3n) is 3.95. The Bertz CT molecular complexity index is 491. The van der Waals surface area contributed by atoms with Gasteiger partial charge in [-0.05, 0) is 42.5 Å². The number of benzene rings is 1. The van der Waals surface area contributed by atoms with Crippen molar-refractivity contribution in [2.75, 3.05) is 0 Å². The van der Waals surface area contributed by atoms with E-state index in [2.05, 4.69) is 22.9 Å². The van der Waals surface area contributed by atoms with Gasteiger partial charge in [0.15, 0.2) is 5.78 Å². The molecule has 0 amide bonds. The van der Waals surface area contributed by atoms with E-state index in [0.717, 1.165) is 30.2 Å². The normalized spacial score (nSPS) is 27.3. The van der Waals surface area contributed by atoms with Crippen LogP contribution in [0.2, 0.25) is 0 Å². The molecule has 1 aliphatic rings. The molecule has 1 aromatic rings.